The van der Waals surface area contributed by atoms with E-state index in [0.717, 1.165) is 6.42 Å². The van der Waals surface area contributed by atoms with Crippen molar-refractivity contribution < 1.29 is 27.9 Å². The van der Waals surface area contributed by atoms with E-state index in [1.807, 2.05) is 0 Å². The van der Waals surface area contributed by atoms with Gasteiger partial charge in [-0.3, -0.25) is 14.5 Å². The largest absolute Gasteiger partial charge is 0.438 e. The van der Waals surface area contributed by atoms with E-state index in [1.54, 1.807) is 36.4 Å². The molecule has 1 saturated heterocycles. The van der Waals surface area contributed by atoms with Gasteiger partial charge in [-0.25, -0.2) is 13.6 Å². The second-order valence-corrected chi connectivity index (χ2v) is 9.56. The fourth-order valence-corrected chi connectivity index (χ4v) is 4.15. The molecule has 2 atom stereocenters. The summed E-state index contributed by atoms with van der Waals surface area (Å²) in [5.41, 5.74) is 2.01. The number of cyclic esters (lactones) is 1. The summed E-state index contributed by atoms with van der Waals surface area (Å²) in [5.74, 6) is -1.20. The summed E-state index contributed by atoms with van der Waals surface area (Å²) in [6.45, 7) is 4.62. The van der Waals surface area contributed by atoms with E-state index < -0.39 is 35.8 Å². The van der Waals surface area contributed by atoms with E-state index >= 15 is 0 Å². The average Bonchev–Trinajstić information content (AvgIpc) is 3.21. The number of carbonyl (C=O) groups is 3. The maximum Gasteiger partial charge on any atom is 0.411 e. The van der Waals surface area contributed by atoms with E-state index in [2.05, 4.69) is 24.5 Å². The van der Waals surface area contributed by atoms with Crippen LogP contribution in [0.4, 0.5) is 19.3 Å². The zero-order chi connectivity index (χ0) is 27.2. The molecule has 0 spiro atoms. The van der Waals surface area contributed by atoms with Crippen molar-refractivity contribution in [3.05, 3.63) is 101 Å². The molecular weight excluding hydrogens is 492 g/mol. The Morgan fingerprint density at radius 1 is 0.921 bits per heavy atom. The molecule has 0 saturated carbocycles. The van der Waals surface area contributed by atoms with Crippen molar-refractivity contribution in [2.75, 3.05) is 11.9 Å². The van der Waals surface area contributed by atoms with Gasteiger partial charge in [-0.05, 0) is 72.0 Å². The van der Waals surface area contributed by atoms with Gasteiger partial charge < -0.3 is 15.4 Å². The number of nitrogens with one attached hydrogen (secondary N) is 2. The Labute approximate surface area is 219 Å². The Bertz CT molecular complexity index is 1280. The molecule has 0 aliphatic carbocycles. The average molecular weight is 522 g/mol. The highest BCUT2D eigenvalue weighted by Crippen LogP contribution is 2.34. The Morgan fingerprint density at radius 3 is 2.13 bits per heavy atom. The molecule has 3 aromatic carbocycles. The quantitative estimate of drug-likeness (QED) is 0.393. The molecule has 0 aromatic heterocycles. The molecule has 4 rings (SSSR count). The predicted octanol–water partition coefficient (Wildman–Crippen LogP) is 5.44. The van der Waals surface area contributed by atoms with E-state index in [4.69, 9.17) is 4.74 Å². The van der Waals surface area contributed by atoms with Gasteiger partial charge in [-0.15, -0.1) is 0 Å². The molecule has 198 valence electrons. The molecule has 9 heteroatoms. The molecule has 2 unspecified atom stereocenters. The Morgan fingerprint density at radius 2 is 1.53 bits per heavy atom. The van der Waals surface area contributed by atoms with Gasteiger partial charge in [0, 0.05) is 17.8 Å². The number of carbonyl (C=O) groups excluding carboxylic acids is 3. The van der Waals surface area contributed by atoms with E-state index in [0.29, 0.717) is 34.8 Å². The lowest BCUT2D eigenvalue weighted by Gasteiger charge is -2.24. The molecule has 38 heavy (non-hydrogen) atoms. The van der Waals surface area contributed by atoms with Crippen LogP contribution in [0.25, 0.3) is 0 Å². The number of hydrogen-bond donors (Lipinski definition) is 2. The first kappa shape index (κ1) is 26.8. The maximum absolute atomic E-state index is 13.4. The Hall–Kier alpha value is -4.27. The standard InChI is InChI=1S/C29H29F2N3O4/c1-18(2)15-16-32-28(36)25-26(38-29(37)34(25)17-19-3-9-22(30)10-4-19)20-7-13-24(14-8-20)33-27(35)21-5-11-23(31)12-6-21/h3-14,18,25-26H,15-17H2,1-2H3,(H,32,36)(H,33,35). The topological polar surface area (TPSA) is 87.7 Å². The lowest BCUT2D eigenvalue weighted by molar-refractivity contribution is -0.126. The van der Waals surface area contributed by atoms with Crippen LogP contribution in [-0.4, -0.2) is 35.4 Å². The molecule has 7 nitrogen and oxygen atoms in total. The molecule has 0 radical (unpaired) electrons. The summed E-state index contributed by atoms with van der Waals surface area (Å²) < 4.78 is 32.2. The van der Waals surface area contributed by atoms with Crippen LogP contribution in [0.5, 0.6) is 0 Å². The van der Waals surface area contributed by atoms with Crippen molar-refractivity contribution in [1.29, 1.82) is 0 Å². The van der Waals surface area contributed by atoms with Crippen LogP contribution in [0, 0.1) is 17.6 Å². The van der Waals surface area contributed by atoms with Gasteiger partial charge >= 0.3 is 6.09 Å². The van der Waals surface area contributed by atoms with Gasteiger partial charge in [-0.1, -0.05) is 38.1 Å². The normalized spacial score (nSPS) is 16.9. The molecule has 1 aliphatic heterocycles. The van der Waals surface area contributed by atoms with E-state index in [1.165, 1.54) is 41.3 Å². The molecule has 2 N–H and O–H groups in total. The molecule has 1 heterocycles. The lowest BCUT2D eigenvalue weighted by atomic mass is 10.00. The molecular formula is C29H29F2N3O4. The highest BCUT2D eigenvalue weighted by molar-refractivity contribution is 6.04. The number of ether oxygens (including phenoxy) is 1. The van der Waals surface area contributed by atoms with Gasteiger partial charge in [0.15, 0.2) is 12.1 Å². The highest BCUT2D eigenvalue weighted by atomic mass is 19.1. The number of nitrogens with zero attached hydrogens (tertiary/aromatic N) is 1. The number of hydrogen-bond acceptors (Lipinski definition) is 4. The molecule has 1 fully saturated rings. The van der Waals surface area contributed by atoms with Crippen molar-refractivity contribution in [3.8, 4) is 0 Å². The highest BCUT2D eigenvalue weighted by Gasteiger charge is 2.46. The Kier molecular flexibility index (Phi) is 8.35. The van der Waals surface area contributed by atoms with Crippen molar-refractivity contribution in [3.63, 3.8) is 0 Å². The molecule has 3 aromatic rings. The third-order valence-electron chi connectivity index (χ3n) is 6.24. The lowest BCUT2D eigenvalue weighted by Crippen LogP contribution is -2.46. The van der Waals surface area contributed by atoms with Crippen LogP contribution in [0.3, 0.4) is 0 Å². The minimum atomic E-state index is -0.945. The summed E-state index contributed by atoms with van der Waals surface area (Å²) in [7, 11) is 0. The van der Waals surface area contributed by atoms with E-state index in [-0.39, 0.29) is 12.5 Å². The fourth-order valence-electron chi connectivity index (χ4n) is 4.15. The van der Waals surface area contributed by atoms with Crippen LogP contribution in [-0.2, 0) is 16.1 Å². The zero-order valence-corrected chi connectivity index (χ0v) is 21.1. The third kappa shape index (κ3) is 6.53. The second kappa shape index (κ2) is 11.9. The van der Waals surface area contributed by atoms with Crippen LogP contribution in [0.15, 0.2) is 72.8 Å². The smallest absolute Gasteiger partial charge is 0.411 e. The number of amides is 3. The summed E-state index contributed by atoms with van der Waals surface area (Å²) in [4.78, 5) is 40.0. The van der Waals surface area contributed by atoms with Crippen LogP contribution in [0.1, 0.15) is 47.9 Å². The van der Waals surface area contributed by atoms with Crippen LogP contribution >= 0.6 is 0 Å². The monoisotopic (exact) mass is 521 g/mol. The van der Waals surface area contributed by atoms with Crippen molar-refractivity contribution in [2.45, 2.75) is 39.0 Å². The summed E-state index contributed by atoms with van der Waals surface area (Å²) >= 11 is 0. The van der Waals surface area contributed by atoms with Crippen molar-refractivity contribution in [2.24, 2.45) is 5.92 Å². The first-order valence-electron chi connectivity index (χ1n) is 12.4. The zero-order valence-electron chi connectivity index (χ0n) is 21.1. The first-order chi connectivity index (χ1) is 18.2. The summed E-state index contributed by atoms with van der Waals surface area (Å²) in [6.07, 6.45) is -0.765. The van der Waals surface area contributed by atoms with E-state index in [9.17, 15) is 23.2 Å². The third-order valence-corrected chi connectivity index (χ3v) is 6.24. The van der Waals surface area contributed by atoms with Crippen molar-refractivity contribution >= 4 is 23.6 Å². The number of rotatable bonds is 9. The van der Waals surface area contributed by atoms with Crippen LogP contribution < -0.4 is 10.6 Å². The summed E-state index contributed by atoms with van der Waals surface area (Å²) in [5, 5.41) is 5.64. The summed E-state index contributed by atoms with van der Waals surface area (Å²) in [6, 6.07) is 16.6. The second-order valence-electron chi connectivity index (χ2n) is 9.56. The van der Waals surface area contributed by atoms with Gasteiger partial charge in [0.1, 0.15) is 11.6 Å². The number of halogens is 2. The Balaban J connectivity index is 1.53. The molecule has 3 amide bonds. The minimum absolute atomic E-state index is 0.0731. The fraction of sp³-hybridized carbons (Fsp3) is 0.276. The molecule has 1 aliphatic rings. The van der Waals surface area contributed by atoms with Gasteiger partial charge in [0.05, 0.1) is 6.54 Å². The first-order valence-corrected chi connectivity index (χ1v) is 12.4. The SMILES string of the molecule is CC(C)CCNC(=O)C1C(c2ccc(NC(=O)c3ccc(F)cc3)cc2)OC(=O)N1Cc1ccc(F)cc1. The predicted molar refractivity (Wildman–Crippen MR) is 138 cm³/mol. The van der Waals surface area contributed by atoms with Gasteiger partial charge in [-0.2, -0.15) is 0 Å². The molecule has 0 bridgehead atoms. The number of benzene rings is 3. The maximum atomic E-state index is 13.4. The minimum Gasteiger partial charge on any atom is -0.438 e. The van der Waals surface area contributed by atoms with Crippen molar-refractivity contribution in [1.82, 2.24) is 10.2 Å². The van der Waals surface area contributed by atoms with Gasteiger partial charge in [0.2, 0.25) is 5.91 Å². The number of anilines is 1. The van der Waals surface area contributed by atoms with Crippen LogP contribution in [0.2, 0.25) is 0 Å². The van der Waals surface area contributed by atoms with Gasteiger partial charge in [0.25, 0.3) is 5.91 Å².